The van der Waals surface area contributed by atoms with Crippen molar-refractivity contribution in [1.82, 2.24) is 10.2 Å². The highest BCUT2D eigenvalue weighted by atomic mass is 16.5. The fraction of sp³-hybridized carbons (Fsp3) is 0.609. The topological polar surface area (TPSA) is 84.9 Å². The van der Waals surface area contributed by atoms with Gasteiger partial charge in [0.25, 0.3) is 0 Å². The molecule has 0 aliphatic carbocycles. The number of nitrogens with one attached hydrogen (secondary N) is 1. The van der Waals surface area contributed by atoms with Crippen LogP contribution in [0.4, 0.5) is 0 Å². The molecule has 1 aromatic rings. The number of aryl methyl sites for hydroxylation is 1. The van der Waals surface area contributed by atoms with Crippen molar-refractivity contribution in [2.45, 2.75) is 70.7 Å². The van der Waals surface area contributed by atoms with Gasteiger partial charge in [-0.3, -0.25) is 14.9 Å². The Labute approximate surface area is 179 Å². The summed E-state index contributed by atoms with van der Waals surface area (Å²) in [5.74, 6) is -0.465. The number of rotatable bonds is 12. The first-order valence-corrected chi connectivity index (χ1v) is 10.9. The number of amides is 1. The van der Waals surface area contributed by atoms with Crippen LogP contribution in [-0.2, 0) is 30.3 Å². The van der Waals surface area contributed by atoms with E-state index >= 15 is 0 Å². The highest BCUT2D eigenvalue weighted by Crippen LogP contribution is 2.18. The summed E-state index contributed by atoms with van der Waals surface area (Å²) in [6, 6.07) is 8.85. The van der Waals surface area contributed by atoms with Crippen LogP contribution < -0.4 is 5.32 Å². The molecule has 3 atom stereocenters. The standard InChI is InChI=1S/C23H34N2O5/c1-3-29-21(15-17-26)25-16-9-8-12-19(22(25)27)24-20(23(28)30-4-2)14-13-18-10-6-5-7-11-18/h5-7,10-11,17,19-21,24H,3-4,8-9,12-16H2,1-2H3/t19-,20?,21?/m0/s1. The van der Waals surface area contributed by atoms with E-state index in [9.17, 15) is 14.4 Å². The van der Waals surface area contributed by atoms with Gasteiger partial charge in [0.15, 0.2) is 0 Å². The van der Waals surface area contributed by atoms with Gasteiger partial charge < -0.3 is 19.2 Å². The van der Waals surface area contributed by atoms with Crippen LogP contribution in [-0.4, -0.2) is 61.1 Å². The molecule has 1 aliphatic rings. The minimum atomic E-state index is -0.573. The van der Waals surface area contributed by atoms with Crippen LogP contribution in [0.1, 0.15) is 51.5 Å². The van der Waals surface area contributed by atoms with Gasteiger partial charge in [0.05, 0.1) is 12.6 Å². The Hall–Kier alpha value is -2.25. The molecule has 1 saturated heterocycles. The van der Waals surface area contributed by atoms with Gasteiger partial charge in [-0.15, -0.1) is 0 Å². The van der Waals surface area contributed by atoms with E-state index in [0.29, 0.717) is 39.0 Å². The molecule has 1 heterocycles. The Kier molecular flexibility index (Phi) is 10.5. The summed E-state index contributed by atoms with van der Waals surface area (Å²) in [4.78, 5) is 38.5. The number of carbonyl (C=O) groups is 3. The maximum Gasteiger partial charge on any atom is 0.323 e. The minimum absolute atomic E-state index is 0.123. The van der Waals surface area contributed by atoms with Crippen LogP contribution in [0.3, 0.4) is 0 Å². The Balaban J connectivity index is 2.11. The summed E-state index contributed by atoms with van der Waals surface area (Å²) in [6.45, 7) is 4.87. The Morgan fingerprint density at radius 3 is 2.67 bits per heavy atom. The molecular weight excluding hydrogens is 384 g/mol. The molecule has 30 heavy (non-hydrogen) atoms. The van der Waals surface area contributed by atoms with Crippen molar-refractivity contribution in [3.63, 3.8) is 0 Å². The number of hydrogen-bond acceptors (Lipinski definition) is 6. The lowest BCUT2D eigenvalue weighted by molar-refractivity contribution is -0.150. The second-order valence-electron chi connectivity index (χ2n) is 7.39. The van der Waals surface area contributed by atoms with Gasteiger partial charge in [-0.1, -0.05) is 30.3 Å². The molecule has 0 bridgehead atoms. The molecule has 1 aliphatic heterocycles. The summed E-state index contributed by atoms with van der Waals surface area (Å²) in [7, 11) is 0. The lowest BCUT2D eigenvalue weighted by Crippen LogP contribution is -2.54. The highest BCUT2D eigenvalue weighted by Gasteiger charge is 2.34. The van der Waals surface area contributed by atoms with Crippen LogP contribution in [0.25, 0.3) is 0 Å². The molecule has 2 unspecified atom stereocenters. The molecule has 0 radical (unpaired) electrons. The number of aldehydes is 1. The molecule has 1 fully saturated rings. The molecule has 166 valence electrons. The second-order valence-corrected chi connectivity index (χ2v) is 7.39. The van der Waals surface area contributed by atoms with Crippen molar-refractivity contribution in [3.8, 4) is 0 Å². The highest BCUT2D eigenvalue weighted by molar-refractivity contribution is 5.84. The number of esters is 1. The van der Waals surface area contributed by atoms with Crippen molar-refractivity contribution in [2.24, 2.45) is 0 Å². The number of benzene rings is 1. The van der Waals surface area contributed by atoms with E-state index in [1.54, 1.807) is 11.8 Å². The van der Waals surface area contributed by atoms with Crippen LogP contribution in [0, 0.1) is 0 Å². The summed E-state index contributed by atoms with van der Waals surface area (Å²) in [5.41, 5.74) is 1.13. The normalized spacial score (nSPS) is 19.1. The smallest absolute Gasteiger partial charge is 0.323 e. The number of carbonyl (C=O) groups excluding carboxylic acids is 3. The van der Waals surface area contributed by atoms with Gasteiger partial charge in [0, 0.05) is 19.6 Å². The molecule has 7 heteroatoms. The predicted molar refractivity (Wildman–Crippen MR) is 114 cm³/mol. The third kappa shape index (κ3) is 7.22. The third-order valence-electron chi connectivity index (χ3n) is 5.27. The molecule has 7 nitrogen and oxygen atoms in total. The summed E-state index contributed by atoms with van der Waals surface area (Å²) in [5, 5.41) is 3.26. The van der Waals surface area contributed by atoms with Gasteiger partial charge >= 0.3 is 5.97 Å². The van der Waals surface area contributed by atoms with Gasteiger partial charge in [-0.2, -0.15) is 0 Å². The quantitative estimate of drug-likeness (QED) is 0.415. The molecular formula is C23H34N2O5. The van der Waals surface area contributed by atoms with Crippen molar-refractivity contribution in [1.29, 1.82) is 0 Å². The molecule has 1 N–H and O–H groups in total. The van der Waals surface area contributed by atoms with Crippen LogP contribution in [0.2, 0.25) is 0 Å². The van der Waals surface area contributed by atoms with Gasteiger partial charge in [0.1, 0.15) is 18.6 Å². The van der Waals surface area contributed by atoms with Crippen molar-refractivity contribution in [2.75, 3.05) is 19.8 Å². The van der Waals surface area contributed by atoms with Crippen LogP contribution in [0.15, 0.2) is 30.3 Å². The van der Waals surface area contributed by atoms with E-state index in [1.807, 2.05) is 37.3 Å². The Morgan fingerprint density at radius 2 is 2.00 bits per heavy atom. The largest absolute Gasteiger partial charge is 0.465 e. The van der Waals surface area contributed by atoms with E-state index in [2.05, 4.69) is 5.32 Å². The summed E-state index contributed by atoms with van der Waals surface area (Å²) in [6.07, 6.45) is 3.92. The SMILES string of the molecule is CCOC(=O)C(CCc1ccccc1)N[C@H]1CCCCN(C(CC=O)OCC)C1=O. The van der Waals surface area contributed by atoms with E-state index in [4.69, 9.17) is 9.47 Å². The average molecular weight is 419 g/mol. The maximum atomic E-state index is 13.2. The average Bonchev–Trinajstić information content (AvgIpc) is 2.93. The lowest BCUT2D eigenvalue weighted by atomic mass is 10.0. The van der Waals surface area contributed by atoms with E-state index in [-0.39, 0.29) is 18.3 Å². The fourth-order valence-corrected chi connectivity index (χ4v) is 3.78. The monoisotopic (exact) mass is 418 g/mol. The van der Waals surface area contributed by atoms with Crippen LogP contribution >= 0.6 is 0 Å². The minimum Gasteiger partial charge on any atom is -0.465 e. The molecule has 0 aromatic heterocycles. The first-order chi connectivity index (χ1) is 14.6. The second kappa shape index (κ2) is 13.1. The van der Waals surface area contributed by atoms with Crippen LogP contribution in [0.5, 0.6) is 0 Å². The zero-order chi connectivity index (χ0) is 21.8. The predicted octanol–water partition coefficient (Wildman–Crippen LogP) is 2.47. The zero-order valence-corrected chi connectivity index (χ0v) is 18.0. The van der Waals surface area contributed by atoms with Crippen molar-refractivity contribution < 1.29 is 23.9 Å². The Morgan fingerprint density at radius 1 is 1.23 bits per heavy atom. The number of nitrogens with zero attached hydrogens (tertiary/aromatic N) is 1. The lowest BCUT2D eigenvalue weighted by Gasteiger charge is -2.32. The Bertz CT molecular complexity index is 667. The van der Waals surface area contributed by atoms with Gasteiger partial charge in [-0.05, 0) is 51.5 Å². The molecule has 0 saturated carbocycles. The molecule has 0 spiro atoms. The summed E-state index contributed by atoms with van der Waals surface area (Å²) < 4.78 is 10.9. The molecule has 1 amide bonds. The molecule has 1 aromatic carbocycles. The summed E-state index contributed by atoms with van der Waals surface area (Å²) >= 11 is 0. The van der Waals surface area contributed by atoms with Crippen molar-refractivity contribution >= 4 is 18.2 Å². The number of ether oxygens (including phenoxy) is 2. The first kappa shape index (κ1) is 24.0. The van der Waals surface area contributed by atoms with E-state index < -0.39 is 18.3 Å². The van der Waals surface area contributed by atoms with E-state index in [1.165, 1.54) is 0 Å². The fourth-order valence-electron chi connectivity index (χ4n) is 3.78. The maximum absolute atomic E-state index is 13.2. The van der Waals surface area contributed by atoms with Gasteiger partial charge in [0.2, 0.25) is 5.91 Å². The van der Waals surface area contributed by atoms with Crippen molar-refractivity contribution in [3.05, 3.63) is 35.9 Å². The van der Waals surface area contributed by atoms with Gasteiger partial charge in [-0.25, -0.2) is 0 Å². The zero-order valence-electron chi connectivity index (χ0n) is 18.0. The number of hydrogen-bond donors (Lipinski definition) is 1. The number of likely N-dealkylation sites (tertiary alicyclic amines) is 1. The first-order valence-electron chi connectivity index (χ1n) is 10.9. The third-order valence-corrected chi connectivity index (χ3v) is 5.27. The van der Waals surface area contributed by atoms with E-state index in [0.717, 1.165) is 24.7 Å². The molecule has 2 rings (SSSR count).